The van der Waals surface area contributed by atoms with Gasteiger partial charge in [-0.3, -0.25) is 14.4 Å². The number of Topliss-reactive ketones (excluding diaryl/α,β-unsaturated/α-hetero) is 2. The fraction of sp³-hybridized carbons (Fsp3) is 0.727. The normalized spacial score (nSPS) is 24.8. The van der Waals surface area contributed by atoms with E-state index in [4.69, 9.17) is 0 Å². The average Bonchev–Trinajstić information content (AvgIpc) is 2.27. The molecule has 0 aliphatic heterocycles. The van der Waals surface area contributed by atoms with E-state index in [1.54, 1.807) is 6.92 Å². The van der Waals surface area contributed by atoms with Crippen molar-refractivity contribution in [2.45, 2.75) is 32.4 Å². The fourth-order valence-corrected chi connectivity index (χ4v) is 1.95. The van der Waals surface area contributed by atoms with Crippen molar-refractivity contribution in [3.8, 4) is 0 Å². The zero-order valence-corrected chi connectivity index (χ0v) is 9.75. The van der Waals surface area contributed by atoms with Gasteiger partial charge in [0.1, 0.15) is 5.78 Å². The molecule has 0 N–H and O–H groups in total. The van der Waals surface area contributed by atoms with Crippen LogP contribution in [0.2, 0.25) is 0 Å². The van der Waals surface area contributed by atoms with Gasteiger partial charge in [-0.1, -0.05) is 0 Å². The Morgan fingerprint density at radius 1 is 1.39 bits per heavy atom. The van der Waals surface area contributed by atoms with Crippen molar-refractivity contribution in [2.75, 3.05) is 6.61 Å². The van der Waals surface area contributed by atoms with Crippen LogP contribution in [0.3, 0.4) is 0 Å². The molecule has 2 atom stereocenters. The van der Waals surface area contributed by atoms with E-state index in [-0.39, 0.29) is 19.4 Å². The Morgan fingerprint density at radius 3 is 2.50 bits per heavy atom. The second-order valence-corrected chi connectivity index (χ2v) is 4.10. The van der Waals surface area contributed by atoms with Crippen LogP contribution < -0.4 is 0 Å². The third-order valence-electron chi connectivity index (χ3n) is 2.86. The first kappa shape index (κ1) is 14.7. The van der Waals surface area contributed by atoms with Gasteiger partial charge in [0.05, 0.1) is 18.4 Å². The molecular weight excluding hydrogens is 253 g/mol. The highest BCUT2D eigenvalue weighted by atomic mass is 19.4. The smallest absolute Gasteiger partial charge is 0.450 e. The predicted molar refractivity (Wildman–Crippen MR) is 53.5 cm³/mol. The minimum Gasteiger partial charge on any atom is -0.466 e. The third-order valence-corrected chi connectivity index (χ3v) is 2.86. The SMILES string of the molecule is CCOC(=O)[C@H]1CCC(=O)[C@H](C(=O)C(F)(F)F)C1. The number of ketones is 2. The molecule has 1 aliphatic carbocycles. The molecule has 7 heteroatoms. The molecule has 0 amide bonds. The summed E-state index contributed by atoms with van der Waals surface area (Å²) in [6, 6.07) is 0. The number of halogens is 3. The molecule has 0 aromatic rings. The second kappa shape index (κ2) is 5.49. The fourth-order valence-electron chi connectivity index (χ4n) is 1.95. The van der Waals surface area contributed by atoms with Gasteiger partial charge in [0.2, 0.25) is 5.78 Å². The van der Waals surface area contributed by atoms with Crippen LogP contribution in [0.15, 0.2) is 0 Å². The molecular formula is C11H13F3O4. The summed E-state index contributed by atoms with van der Waals surface area (Å²) in [5.74, 6) is -6.03. The van der Waals surface area contributed by atoms with Gasteiger partial charge in [-0.15, -0.1) is 0 Å². The Kier molecular flexibility index (Phi) is 4.48. The van der Waals surface area contributed by atoms with Crippen LogP contribution in [0.25, 0.3) is 0 Å². The van der Waals surface area contributed by atoms with Gasteiger partial charge in [0.15, 0.2) is 0 Å². The quantitative estimate of drug-likeness (QED) is 0.576. The molecule has 0 aromatic heterocycles. The van der Waals surface area contributed by atoms with E-state index in [9.17, 15) is 27.6 Å². The highest BCUT2D eigenvalue weighted by molar-refractivity contribution is 6.05. The van der Waals surface area contributed by atoms with Gasteiger partial charge >= 0.3 is 12.1 Å². The summed E-state index contributed by atoms with van der Waals surface area (Å²) in [5, 5.41) is 0. The van der Waals surface area contributed by atoms with E-state index >= 15 is 0 Å². The second-order valence-electron chi connectivity index (χ2n) is 4.10. The van der Waals surface area contributed by atoms with Crippen LogP contribution in [0.4, 0.5) is 13.2 Å². The van der Waals surface area contributed by atoms with Gasteiger partial charge in [-0.05, 0) is 19.8 Å². The topological polar surface area (TPSA) is 60.4 Å². The number of rotatable bonds is 3. The summed E-state index contributed by atoms with van der Waals surface area (Å²) in [4.78, 5) is 33.8. The minimum atomic E-state index is -5.04. The van der Waals surface area contributed by atoms with Crippen LogP contribution in [0.5, 0.6) is 0 Å². The van der Waals surface area contributed by atoms with Crippen LogP contribution in [-0.2, 0) is 19.1 Å². The Hall–Kier alpha value is -1.40. The summed E-state index contributed by atoms with van der Waals surface area (Å²) in [5.41, 5.74) is 0. The van der Waals surface area contributed by atoms with Crippen molar-refractivity contribution in [3.05, 3.63) is 0 Å². The van der Waals surface area contributed by atoms with Crippen molar-refractivity contribution >= 4 is 17.5 Å². The number of alkyl halides is 3. The van der Waals surface area contributed by atoms with Crippen LogP contribution in [0, 0.1) is 11.8 Å². The predicted octanol–water partition coefficient (Wildman–Crippen LogP) is 1.67. The van der Waals surface area contributed by atoms with E-state index in [1.165, 1.54) is 0 Å². The number of ether oxygens (including phenoxy) is 1. The summed E-state index contributed by atoms with van der Waals surface area (Å²) < 4.78 is 41.5. The summed E-state index contributed by atoms with van der Waals surface area (Å²) in [7, 11) is 0. The molecule has 1 rings (SSSR count). The Morgan fingerprint density at radius 2 is 2.00 bits per heavy atom. The van der Waals surface area contributed by atoms with Crippen LogP contribution >= 0.6 is 0 Å². The monoisotopic (exact) mass is 266 g/mol. The number of carbonyl (C=O) groups is 3. The highest BCUT2D eigenvalue weighted by Crippen LogP contribution is 2.32. The maximum Gasteiger partial charge on any atom is 0.450 e. The van der Waals surface area contributed by atoms with E-state index in [0.29, 0.717) is 0 Å². The lowest BCUT2D eigenvalue weighted by molar-refractivity contribution is -0.178. The van der Waals surface area contributed by atoms with Gasteiger partial charge in [0.25, 0.3) is 0 Å². The molecule has 0 saturated heterocycles. The first-order valence-electron chi connectivity index (χ1n) is 5.57. The van der Waals surface area contributed by atoms with Crippen LogP contribution in [-0.4, -0.2) is 30.3 Å². The lowest BCUT2D eigenvalue weighted by Gasteiger charge is -2.26. The molecule has 0 aromatic carbocycles. The molecule has 1 aliphatic rings. The van der Waals surface area contributed by atoms with Gasteiger partial charge in [-0.2, -0.15) is 13.2 Å². The lowest BCUT2D eigenvalue weighted by Crippen LogP contribution is -2.40. The summed E-state index contributed by atoms with van der Waals surface area (Å²) >= 11 is 0. The zero-order chi connectivity index (χ0) is 13.9. The Labute approximate surface area is 101 Å². The van der Waals surface area contributed by atoms with Crippen molar-refractivity contribution < 1.29 is 32.3 Å². The molecule has 18 heavy (non-hydrogen) atoms. The number of esters is 1. The number of carbonyl (C=O) groups excluding carboxylic acids is 3. The Balaban J connectivity index is 2.76. The minimum absolute atomic E-state index is 0.112. The maximum atomic E-state index is 12.3. The standard InChI is InChI=1S/C11H13F3O4/c1-2-18-10(17)6-3-4-8(15)7(5-6)9(16)11(12,13)14/h6-7H,2-5H2,1H3/t6-,7+/m0/s1. The van der Waals surface area contributed by atoms with E-state index in [0.717, 1.165) is 0 Å². The third kappa shape index (κ3) is 3.30. The first-order chi connectivity index (χ1) is 8.27. The van der Waals surface area contributed by atoms with E-state index in [2.05, 4.69) is 4.74 Å². The van der Waals surface area contributed by atoms with Gasteiger partial charge in [0, 0.05) is 6.42 Å². The maximum absolute atomic E-state index is 12.3. The molecule has 1 fully saturated rings. The van der Waals surface area contributed by atoms with E-state index in [1.807, 2.05) is 0 Å². The largest absolute Gasteiger partial charge is 0.466 e. The molecule has 102 valence electrons. The molecule has 0 radical (unpaired) electrons. The first-order valence-corrected chi connectivity index (χ1v) is 5.57. The van der Waals surface area contributed by atoms with E-state index < -0.39 is 42.0 Å². The van der Waals surface area contributed by atoms with Crippen molar-refractivity contribution in [1.82, 2.24) is 0 Å². The van der Waals surface area contributed by atoms with Crippen molar-refractivity contribution in [3.63, 3.8) is 0 Å². The Bertz CT molecular complexity index is 362. The van der Waals surface area contributed by atoms with Crippen LogP contribution in [0.1, 0.15) is 26.2 Å². The van der Waals surface area contributed by atoms with Gasteiger partial charge in [-0.25, -0.2) is 0 Å². The molecule has 4 nitrogen and oxygen atoms in total. The summed E-state index contributed by atoms with van der Waals surface area (Å²) in [6.45, 7) is 1.69. The average molecular weight is 266 g/mol. The molecule has 1 saturated carbocycles. The highest BCUT2D eigenvalue weighted by Gasteiger charge is 2.48. The molecule has 0 bridgehead atoms. The van der Waals surface area contributed by atoms with Crippen molar-refractivity contribution in [1.29, 1.82) is 0 Å². The number of hydrogen-bond donors (Lipinski definition) is 0. The van der Waals surface area contributed by atoms with Crippen molar-refractivity contribution in [2.24, 2.45) is 11.8 Å². The molecule has 0 unspecified atom stereocenters. The zero-order valence-electron chi connectivity index (χ0n) is 9.75. The molecule has 0 heterocycles. The molecule has 0 spiro atoms. The van der Waals surface area contributed by atoms with Gasteiger partial charge < -0.3 is 4.74 Å². The number of hydrogen-bond acceptors (Lipinski definition) is 4. The lowest BCUT2D eigenvalue weighted by atomic mass is 9.78. The summed E-state index contributed by atoms with van der Waals surface area (Å²) in [6.07, 6.45) is -5.51.